The van der Waals surface area contributed by atoms with E-state index in [0.717, 1.165) is 0 Å². The third kappa shape index (κ3) is 25.7. The van der Waals surface area contributed by atoms with Gasteiger partial charge in [-0.15, -0.1) is 0 Å². The molecule has 0 heterocycles. The van der Waals surface area contributed by atoms with E-state index in [-0.39, 0.29) is 65.4 Å². The Morgan fingerprint density at radius 1 is 0.625 bits per heavy atom. The highest BCUT2D eigenvalue weighted by molar-refractivity contribution is 5.70. The van der Waals surface area contributed by atoms with E-state index in [1.807, 2.05) is 0 Å². The number of carbonyl (C=O) groups excluding carboxylic acids is 4. The molecule has 1 atom stereocenters. The van der Waals surface area contributed by atoms with Crippen LogP contribution in [0.15, 0.2) is 0 Å². The first kappa shape index (κ1) is 37.4. The maximum Gasteiger partial charge on any atom is 0.407 e. The van der Waals surface area contributed by atoms with Crippen LogP contribution < -0.4 is 5.32 Å². The van der Waals surface area contributed by atoms with Gasteiger partial charge in [0.2, 0.25) is 0 Å². The molecule has 0 radical (unpaired) electrons. The summed E-state index contributed by atoms with van der Waals surface area (Å²) in [6, 6.07) is 0. The quantitative estimate of drug-likeness (QED) is 0.0476. The minimum absolute atomic E-state index is 0.0971. The molecule has 0 fully saturated rings. The standard InChI is InChI=1S/C25H45NO14/c1-4-22(27)36-19-21(40-23(28)5-2)20-37-24(29)7-6-9-32-12-13-33-10-8-26-25(30)35-16-14-34-15-18-39-38-17-11-31-3/h21H,4-20H2,1-3H3,(H,26,30)/t21-/m1/s1. The molecule has 0 aromatic heterocycles. The Morgan fingerprint density at radius 2 is 1.20 bits per heavy atom. The van der Waals surface area contributed by atoms with Gasteiger partial charge in [0, 0.05) is 39.5 Å². The zero-order valence-electron chi connectivity index (χ0n) is 23.8. The van der Waals surface area contributed by atoms with Gasteiger partial charge < -0.3 is 43.2 Å². The van der Waals surface area contributed by atoms with Crippen molar-refractivity contribution in [1.82, 2.24) is 5.32 Å². The molecule has 0 aromatic carbocycles. The summed E-state index contributed by atoms with van der Waals surface area (Å²) in [5, 5.41) is 2.54. The number of rotatable bonds is 27. The summed E-state index contributed by atoms with van der Waals surface area (Å²) in [7, 11) is 1.56. The number of ether oxygens (including phenoxy) is 8. The molecule has 0 aliphatic rings. The van der Waals surface area contributed by atoms with Crippen molar-refractivity contribution in [3.8, 4) is 0 Å². The van der Waals surface area contributed by atoms with Crippen LogP contribution in [0.5, 0.6) is 0 Å². The second-order valence-corrected chi connectivity index (χ2v) is 7.83. The van der Waals surface area contributed by atoms with Crippen molar-refractivity contribution in [3.63, 3.8) is 0 Å². The Kier molecular flexibility index (Phi) is 26.2. The average Bonchev–Trinajstić information content (AvgIpc) is 2.95. The summed E-state index contributed by atoms with van der Waals surface area (Å²) in [6.07, 6.45) is -0.559. The van der Waals surface area contributed by atoms with Gasteiger partial charge in [0.1, 0.15) is 33.0 Å². The third-order valence-corrected chi connectivity index (χ3v) is 4.52. The molecule has 0 aromatic rings. The zero-order valence-corrected chi connectivity index (χ0v) is 23.8. The van der Waals surface area contributed by atoms with Crippen molar-refractivity contribution in [2.24, 2.45) is 0 Å². The summed E-state index contributed by atoms with van der Waals surface area (Å²) in [5.41, 5.74) is 0. The van der Waals surface area contributed by atoms with Crippen LogP contribution >= 0.6 is 0 Å². The number of hydrogen-bond acceptors (Lipinski definition) is 14. The lowest BCUT2D eigenvalue weighted by Crippen LogP contribution is -2.30. The average molecular weight is 584 g/mol. The molecule has 0 bridgehead atoms. The predicted molar refractivity (Wildman–Crippen MR) is 137 cm³/mol. The van der Waals surface area contributed by atoms with E-state index in [1.54, 1.807) is 21.0 Å². The maximum atomic E-state index is 11.9. The van der Waals surface area contributed by atoms with Crippen molar-refractivity contribution in [3.05, 3.63) is 0 Å². The Balaban J connectivity index is 3.59. The molecule has 0 aliphatic carbocycles. The minimum Gasteiger partial charge on any atom is -0.462 e. The summed E-state index contributed by atoms with van der Waals surface area (Å²) >= 11 is 0. The fraction of sp³-hybridized carbons (Fsp3) is 0.840. The summed E-state index contributed by atoms with van der Waals surface area (Å²) in [6.45, 7) is 6.04. The molecule has 15 heteroatoms. The number of alkyl carbamates (subject to hydrolysis) is 1. The number of methoxy groups -OCH3 is 1. The van der Waals surface area contributed by atoms with Gasteiger partial charge in [-0.2, -0.15) is 0 Å². The van der Waals surface area contributed by atoms with Crippen LogP contribution in [0.2, 0.25) is 0 Å². The van der Waals surface area contributed by atoms with Gasteiger partial charge in [-0.1, -0.05) is 13.8 Å². The molecule has 40 heavy (non-hydrogen) atoms. The molecule has 0 saturated heterocycles. The summed E-state index contributed by atoms with van der Waals surface area (Å²) in [5.74, 6) is -1.41. The molecule has 1 amide bonds. The van der Waals surface area contributed by atoms with Gasteiger partial charge in [-0.25, -0.2) is 14.6 Å². The monoisotopic (exact) mass is 583 g/mol. The molecular weight excluding hydrogens is 538 g/mol. The first-order chi connectivity index (χ1) is 19.4. The largest absolute Gasteiger partial charge is 0.462 e. The van der Waals surface area contributed by atoms with Crippen LogP contribution in [0.1, 0.15) is 39.5 Å². The molecule has 0 saturated carbocycles. The highest BCUT2D eigenvalue weighted by Gasteiger charge is 2.18. The van der Waals surface area contributed by atoms with E-state index in [4.69, 9.17) is 47.7 Å². The molecule has 15 nitrogen and oxygen atoms in total. The number of hydrogen-bond donors (Lipinski definition) is 1. The van der Waals surface area contributed by atoms with Crippen molar-refractivity contribution in [2.45, 2.75) is 45.6 Å². The van der Waals surface area contributed by atoms with Crippen LogP contribution in [0.4, 0.5) is 4.79 Å². The third-order valence-electron chi connectivity index (χ3n) is 4.52. The van der Waals surface area contributed by atoms with Crippen LogP contribution in [0, 0.1) is 0 Å². The van der Waals surface area contributed by atoms with Crippen LogP contribution in [0.3, 0.4) is 0 Å². The van der Waals surface area contributed by atoms with Crippen LogP contribution in [-0.2, 0) is 62.1 Å². The summed E-state index contributed by atoms with van der Waals surface area (Å²) in [4.78, 5) is 55.9. The molecule has 234 valence electrons. The Bertz CT molecular complexity index is 663. The van der Waals surface area contributed by atoms with Crippen LogP contribution in [0.25, 0.3) is 0 Å². The predicted octanol–water partition coefficient (Wildman–Crippen LogP) is 0.955. The number of amides is 1. The fourth-order valence-electron chi connectivity index (χ4n) is 2.47. The highest BCUT2D eigenvalue weighted by atomic mass is 17.2. The molecule has 0 unspecified atom stereocenters. The SMILES string of the molecule is CCC(=O)OC[C@H](COC(=O)CCCOCCOCCNC(=O)OCCOCCOOCCOC)OC(=O)CC. The summed E-state index contributed by atoms with van der Waals surface area (Å²) < 4.78 is 40.9. The van der Waals surface area contributed by atoms with Crippen molar-refractivity contribution < 1.29 is 66.8 Å². The van der Waals surface area contributed by atoms with E-state index in [0.29, 0.717) is 46.1 Å². The van der Waals surface area contributed by atoms with E-state index < -0.39 is 30.1 Å². The smallest absolute Gasteiger partial charge is 0.407 e. The van der Waals surface area contributed by atoms with Gasteiger partial charge in [-0.3, -0.25) is 14.4 Å². The second-order valence-electron chi connectivity index (χ2n) is 7.83. The maximum absolute atomic E-state index is 11.9. The molecule has 0 rings (SSSR count). The lowest BCUT2D eigenvalue weighted by molar-refractivity contribution is -0.302. The van der Waals surface area contributed by atoms with Crippen molar-refractivity contribution >= 4 is 24.0 Å². The minimum atomic E-state index is -0.853. The first-order valence-corrected chi connectivity index (χ1v) is 13.3. The van der Waals surface area contributed by atoms with Gasteiger partial charge >= 0.3 is 24.0 Å². The number of esters is 3. The lowest BCUT2D eigenvalue weighted by atomic mass is 10.3. The van der Waals surface area contributed by atoms with Crippen molar-refractivity contribution in [1.29, 1.82) is 0 Å². The number of carbonyl (C=O) groups is 4. The van der Waals surface area contributed by atoms with Gasteiger partial charge in [0.25, 0.3) is 0 Å². The second kappa shape index (κ2) is 28.0. The molecular formula is C25H45NO14. The molecule has 1 N–H and O–H groups in total. The van der Waals surface area contributed by atoms with Gasteiger partial charge in [0.05, 0.1) is 39.6 Å². The van der Waals surface area contributed by atoms with Gasteiger partial charge in [0.15, 0.2) is 6.10 Å². The number of nitrogens with one attached hydrogen (secondary N) is 1. The fourth-order valence-corrected chi connectivity index (χ4v) is 2.47. The zero-order chi connectivity index (χ0) is 29.7. The van der Waals surface area contributed by atoms with Crippen molar-refractivity contribution in [2.75, 3.05) is 92.9 Å². The Hall–Kier alpha value is -2.56. The molecule has 0 spiro atoms. The Labute approximate surface area is 235 Å². The Morgan fingerprint density at radius 3 is 1.88 bits per heavy atom. The lowest BCUT2D eigenvalue weighted by Gasteiger charge is -2.17. The van der Waals surface area contributed by atoms with Gasteiger partial charge in [-0.05, 0) is 6.42 Å². The normalized spacial score (nSPS) is 11.5. The topological polar surface area (TPSA) is 173 Å². The van der Waals surface area contributed by atoms with E-state index in [2.05, 4.69) is 5.32 Å². The van der Waals surface area contributed by atoms with Crippen LogP contribution in [-0.4, -0.2) is 123 Å². The highest BCUT2D eigenvalue weighted by Crippen LogP contribution is 2.02. The molecule has 0 aliphatic heterocycles. The van der Waals surface area contributed by atoms with E-state index in [1.165, 1.54) is 0 Å². The van der Waals surface area contributed by atoms with E-state index in [9.17, 15) is 19.2 Å². The van der Waals surface area contributed by atoms with E-state index >= 15 is 0 Å². The first-order valence-electron chi connectivity index (χ1n) is 13.3.